The fourth-order valence-corrected chi connectivity index (χ4v) is 2.59. The number of hydrogen-bond acceptors (Lipinski definition) is 1. The molecular weight excluding hydrogens is 189 g/mol. The molecule has 0 aromatic carbocycles. The molecule has 1 aliphatic carbocycles. The van der Waals surface area contributed by atoms with Gasteiger partial charge in [0.15, 0.2) is 0 Å². The van der Waals surface area contributed by atoms with Crippen LogP contribution in [-0.2, 0) is 11.8 Å². The van der Waals surface area contributed by atoms with Crippen LogP contribution in [0.25, 0.3) is 0 Å². The van der Waals surface area contributed by atoms with E-state index in [2.05, 4.69) is 18.8 Å². The molecule has 0 radical (unpaired) electrons. The molecule has 0 N–H and O–H groups in total. The fraction of sp³-hybridized carbons (Fsp3) is 0.615. The van der Waals surface area contributed by atoms with E-state index in [-0.39, 0.29) is 11.4 Å². The molecule has 2 heteroatoms. The molecule has 2 rings (SSSR count). The number of rotatable bonds is 3. The lowest BCUT2D eigenvalue weighted by atomic mass is 9.80. The van der Waals surface area contributed by atoms with E-state index in [4.69, 9.17) is 0 Å². The molecule has 1 heterocycles. The predicted molar refractivity (Wildman–Crippen MR) is 59.4 cm³/mol. The molecular formula is C13H18FN. The number of halogens is 1. The first-order chi connectivity index (χ1) is 7.15. The second-order valence-electron chi connectivity index (χ2n) is 4.83. The molecule has 15 heavy (non-hydrogen) atoms. The molecule has 1 aliphatic rings. The van der Waals surface area contributed by atoms with Gasteiger partial charge >= 0.3 is 0 Å². The minimum absolute atomic E-state index is 0.242. The van der Waals surface area contributed by atoms with E-state index in [1.54, 1.807) is 12.3 Å². The average Bonchev–Trinajstić information content (AvgIpc) is 2.54. The topological polar surface area (TPSA) is 12.9 Å². The number of fused-ring (bicyclic) bond motifs is 1. The molecule has 0 saturated heterocycles. The summed E-state index contributed by atoms with van der Waals surface area (Å²) < 4.78 is 13.0. The van der Waals surface area contributed by atoms with Gasteiger partial charge in [-0.05, 0) is 41.9 Å². The van der Waals surface area contributed by atoms with Crippen LogP contribution in [0.15, 0.2) is 12.3 Å². The summed E-state index contributed by atoms with van der Waals surface area (Å²) in [5.41, 5.74) is 2.69. The highest BCUT2D eigenvalue weighted by Gasteiger charge is 2.34. The summed E-state index contributed by atoms with van der Waals surface area (Å²) >= 11 is 0. The first-order valence-corrected chi connectivity index (χ1v) is 5.80. The summed E-state index contributed by atoms with van der Waals surface area (Å²) in [5.74, 6) is -0.339. The normalized spacial score (nSPS) is 24.2. The van der Waals surface area contributed by atoms with Crippen LogP contribution in [0.2, 0.25) is 0 Å². The molecule has 1 aromatic rings. The number of pyridine rings is 1. The molecule has 1 aromatic heterocycles. The van der Waals surface area contributed by atoms with Crippen molar-refractivity contribution in [1.82, 2.24) is 4.98 Å². The predicted octanol–water partition coefficient (Wildman–Crippen LogP) is 3.61. The standard InChI is InChI=1S/C13H18FN/c1-3-4-6-13(2)7-5-10-8-12(14)15-9-11(10)13/h8-9H,3-7H2,1-2H3. The number of nitrogens with zero attached hydrogens (tertiary/aromatic N) is 1. The Balaban J connectivity index is 2.27. The van der Waals surface area contributed by atoms with Gasteiger partial charge in [-0.3, -0.25) is 0 Å². The van der Waals surface area contributed by atoms with Crippen LogP contribution in [0, 0.1) is 5.95 Å². The van der Waals surface area contributed by atoms with E-state index in [9.17, 15) is 4.39 Å². The lowest BCUT2D eigenvalue weighted by Crippen LogP contribution is -2.18. The number of aryl methyl sites for hydroxylation is 1. The second kappa shape index (κ2) is 3.92. The van der Waals surface area contributed by atoms with Crippen molar-refractivity contribution in [3.05, 3.63) is 29.3 Å². The van der Waals surface area contributed by atoms with Gasteiger partial charge < -0.3 is 0 Å². The summed E-state index contributed by atoms with van der Waals surface area (Å²) in [4.78, 5) is 3.79. The van der Waals surface area contributed by atoms with Crippen LogP contribution in [0.4, 0.5) is 4.39 Å². The molecule has 0 saturated carbocycles. The first-order valence-electron chi connectivity index (χ1n) is 5.80. The summed E-state index contributed by atoms with van der Waals surface area (Å²) in [6, 6.07) is 1.60. The van der Waals surface area contributed by atoms with Crippen LogP contribution in [-0.4, -0.2) is 4.98 Å². The summed E-state index contributed by atoms with van der Waals surface area (Å²) in [6.07, 6.45) is 7.56. The maximum Gasteiger partial charge on any atom is 0.213 e. The first kappa shape index (κ1) is 10.6. The maximum atomic E-state index is 13.0. The Bertz CT molecular complexity index is 362. The summed E-state index contributed by atoms with van der Waals surface area (Å²) in [5, 5.41) is 0. The van der Waals surface area contributed by atoms with Crippen molar-refractivity contribution in [1.29, 1.82) is 0 Å². The van der Waals surface area contributed by atoms with Crippen molar-refractivity contribution >= 4 is 0 Å². The van der Waals surface area contributed by atoms with Crippen LogP contribution < -0.4 is 0 Å². The van der Waals surface area contributed by atoms with Crippen LogP contribution >= 0.6 is 0 Å². The van der Waals surface area contributed by atoms with Gasteiger partial charge in [-0.25, -0.2) is 4.98 Å². The Morgan fingerprint density at radius 3 is 3.07 bits per heavy atom. The van der Waals surface area contributed by atoms with Crippen molar-refractivity contribution in [3.8, 4) is 0 Å². The molecule has 1 unspecified atom stereocenters. The number of hydrogen-bond donors (Lipinski definition) is 0. The lowest BCUT2D eigenvalue weighted by Gasteiger charge is -2.24. The number of aromatic nitrogens is 1. The van der Waals surface area contributed by atoms with Gasteiger partial charge in [0.2, 0.25) is 5.95 Å². The highest BCUT2D eigenvalue weighted by Crippen LogP contribution is 2.41. The minimum Gasteiger partial charge on any atom is -0.228 e. The van der Waals surface area contributed by atoms with Gasteiger partial charge in [-0.1, -0.05) is 26.7 Å². The van der Waals surface area contributed by atoms with Crippen molar-refractivity contribution in [3.63, 3.8) is 0 Å². The molecule has 82 valence electrons. The third kappa shape index (κ3) is 1.90. The Morgan fingerprint density at radius 1 is 1.53 bits per heavy atom. The van der Waals surface area contributed by atoms with E-state index in [0.29, 0.717) is 0 Å². The van der Waals surface area contributed by atoms with Gasteiger partial charge in [0, 0.05) is 6.20 Å². The van der Waals surface area contributed by atoms with Gasteiger partial charge in [0.25, 0.3) is 0 Å². The molecule has 0 bridgehead atoms. The lowest BCUT2D eigenvalue weighted by molar-refractivity contribution is 0.414. The molecule has 0 aliphatic heterocycles. The highest BCUT2D eigenvalue weighted by atomic mass is 19.1. The third-order valence-corrected chi connectivity index (χ3v) is 3.63. The zero-order chi connectivity index (χ0) is 10.9. The highest BCUT2D eigenvalue weighted by molar-refractivity contribution is 5.36. The van der Waals surface area contributed by atoms with Gasteiger partial charge in [-0.15, -0.1) is 0 Å². The van der Waals surface area contributed by atoms with Crippen molar-refractivity contribution in [2.24, 2.45) is 0 Å². The van der Waals surface area contributed by atoms with E-state index in [1.807, 2.05) is 0 Å². The van der Waals surface area contributed by atoms with Crippen LogP contribution in [0.3, 0.4) is 0 Å². The van der Waals surface area contributed by atoms with Gasteiger partial charge in [0.1, 0.15) is 0 Å². The van der Waals surface area contributed by atoms with Crippen LogP contribution in [0.1, 0.15) is 50.7 Å². The minimum atomic E-state index is -0.339. The Labute approximate surface area is 90.7 Å². The van der Waals surface area contributed by atoms with Gasteiger partial charge in [-0.2, -0.15) is 4.39 Å². The largest absolute Gasteiger partial charge is 0.228 e. The van der Waals surface area contributed by atoms with E-state index < -0.39 is 0 Å². The molecule has 1 nitrogen and oxygen atoms in total. The van der Waals surface area contributed by atoms with Gasteiger partial charge in [0.05, 0.1) is 0 Å². The Kier molecular flexibility index (Phi) is 2.76. The maximum absolute atomic E-state index is 13.0. The van der Waals surface area contributed by atoms with Crippen molar-refractivity contribution < 1.29 is 4.39 Å². The monoisotopic (exact) mass is 207 g/mol. The zero-order valence-electron chi connectivity index (χ0n) is 9.52. The molecule has 0 amide bonds. The van der Waals surface area contributed by atoms with E-state index in [1.165, 1.54) is 30.4 Å². The average molecular weight is 207 g/mol. The summed E-state index contributed by atoms with van der Waals surface area (Å²) in [7, 11) is 0. The molecule has 0 fully saturated rings. The number of unbranched alkanes of at least 4 members (excludes halogenated alkanes) is 1. The van der Waals surface area contributed by atoms with Crippen molar-refractivity contribution in [2.45, 2.75) is 51.4 Å². The van der Waals surface area contributed by atoms with Crippen LogP contribution in [0.5, 0.6) is 0 Å². The molecule has 1 atom stereocenters. The SMILES string of the molecule is CCCCC1(C)CCc2cc(F)ncc21. The second-order valence-corrected chi connectivity index (χ2v) is 4.83. The smallest absolute Gasteiger partial charge is 0.213 e. The quantitative estimate of drug-likeness (QED) is 0.690. The third-order valence-electron chi connectivity index (χ3n) is 3.63. The Hall–Kier alpha value is -0.920. The van der Waals surface area contributed by atoms with E-state index in [0.717, 1.165) is 12.8 Å². The fourth-order valence-electron chi connectivity index (χ4n) is 2.59. The summed E-state index contributed by atoms with van der Waals surface area (Å²) in [6.45, 7) is 4.50. The van der Waals surface area contributed by atoms with E-state index >= 15 is 0 Å². The Morgan fingerprint density at radius 2 is 2.33 bits per heavy atom. The zero-order valence-corrected chi connectivity index (χ0v) is 9.52. The molecule has 0 spiro atoms. The van der Waals surface area contributed by atoms with Crippen molar-refractivity contribution in [2.75, 3.05) is 0 Å².